The molecule has 0 aromatic carbocycles. The predicted octanol–water partition coefficient (Wildman–Crippen LogP) is 2.08. The molecule has 54 valence electrons. The Morgan fingerprint density at radius 3 is 2.22 bits per heavy atom. The van der Waals surface area contributed by atoms with E-state index in [0.29, 0.717) is 0 Å². The first kappa shape index (κ1) is 8.70. The summed E-state index contributed by atoms with van der Waals surface area (Å²) < 4.78 is 0. The van der Waals surface area contributed by atoms with Crippen molar-refractivity contribution in [3.63, 3.8) is 0 Å². The fraction of sp³-hybridized carbons (Fsp3) is 0.750. The van der Waals surface area contributed by atoms with Crippen molar-refractivity contribution in [2.45, 2.75) is 39.2 Å². The largest absolute Gasteiger partial charge is 0.325 e. The number of hydrogen-bond acceptors (Lipinski definition) is 1. The molecule has 1 heteroatoms. The molecule has 9 heavy (non-hydrogen) atoms. The Hall–Kier alpha value is -0.300. The van der Waals surface area contributed by atoms with Gasteiger partial charge in [0, 0.05) is 5.54 Å². The molecule has 0 rings (SSSR count). The van der Waals surface area contributed by atoms with Crippen LogP contribution in [0.25, 0.3) is 0 Å². The van der Waals surface area contributed by atoms with Gasteiger partial charge in [-0.05, 0) is 26.7 Å². The first-order chi connectivity index (χ1) is 4.06. The lowest BCUT2D eigenvalue weighted by Crippen LogP contribution is -2.30. The summed E-state index contributed by atoms with van der Waals surface area (Å²) in [6.07, 6.45) is 6.37. The van der Waals surface area contributed by atoms with Crippen LogP contribution in [0.2, 0.25) is 0 Å². The molecule has 1 nitrogen and oxygen atoms in total. The van der Waals surface area contributed by atoms with Gasteiger partial charge >= 0.3 is 0 Å². The van der Waals surface area contributed by atoms with Gasteiger partial charge in [0.05, 0.1) is 0 Å². The van der Waals surface area contributed by atoms with Gasteiger partial charge in [-0.2, -0.15) is 0 Å². The zero-order valence-corrected chi connectivity index (χ0v) is 6.65. The molecular weight excluding hydrogens is 110 g/mol. The average molecular weight is 127 g/mol. The maximum Gasteiger partial charge on any atom is 0.0132 e. The standard InChI is InChI=1S/C8H17N/c1-4-5-6-7-8(2,3)9/h5-6H,4,7,9H2,1-3H3/b6-5+. The smallest absolute Gasteiger partial charge is 0.0132 e. The lowest BCUT2D eigenvalue weighted by atomic mass is 10.0. The van der Waals surface area contributed by atoms with E-state index in [1.807, 2.05) is 13.8 Å². The molecule has 0 aliphatic rings. The van der Waals surface area contributed by atoms with Crippen LogP contribution in [-0.4, -0.2) is 5.54 Å². The van der Waals surface area contributed by atoms with Crippen molar-refractivity contribution in [2.75, 3.05) is 0 Å². The molecular formula is C8H17N. The van der Waals surface area contributed by atoms with E-state index in [0.717, 1.165) is 12.8 Å². The highest BCUT2D eigenvalue weighted by molar-refractivity contribution is 4.88. The summed E-state index contributed by atoms with van der Waals surface area (Å²) in [7, 11) is 0. The Morgan fingerprint density at radius 2 is 1.89 bits per heavy atom. The Balaban J connectivity index is 3.38. The molecule has 0 saturated carbocycles. The molecule has 0 unspecified atom stereocenters. The second-order valence-electron chi connectivity index (χ2n) is 3.07. The fourth-order valence-corrected chi connectivity index (χ4v) is 0.554. The van der Waals surface area contributed by atoms with E-state index in [2.05, 4.69) is 19.1 Å². The predicted molar refractivity (Wildman–Crippen MR) is 42.3 cm³/mol. The molecule has 0 aliphatic heterocycles. The van der Waals surface area contributed by atoms with Gasteiger partial charge in [-0.1, -0.05) is 19.1 Å². The highest BCUT2D eigenvalue weighted by Crippen LogP contribution is 2.03. The third-order valence-corrected chi connectivity index (χ3v) is 1.05. The lowest BCUT2D eigenvalue weighted by Gasteiger charge is -2.14. The molecule has 0 aromatic rings. The number of nitrogens with two attached hydrogens (primary N) is 1. The Bertz CT molecular complexity index is 87.2. The number of rotatable bonds is 3. The van der Waals surface area contributed by atoms with Gasteiger partial charge in [0.2, 0.25) is 0 Å². The molecule has 0 bridgehead atoms. The van der Waals surface area contributed by atoms with Crippen LogP contribution < -0.4 is 5.73 Å². The molecule has 0 atom stereocenters. The second-order valence-corrected chi connectivity index (χ2v) is 3.07. The SMILES string of the molecule is CC/C=C/CC(C)(C)N. The molecule has 0 heterocycles. The van der Waals surface area contributed by atoms with E-state index >= 15 is 0 Å². The fourth-order valence-electron chi connectivity index (χ4n) is 0.554. The zero-order chi connectivity index (χ0) is 7.33. The summed E-state index contributed by atoms with van der Waals surface area (Å²) in [6.45, 7) is 6.19. The van der Waals surface area contributed by atoms with Crippen LogP contribution >= 0.6 is 0 Å². The third kappa shape index (κ3) is 7.70. The Kier molecular flexibility index (Phi) is 3.55. The van der Waals surface area contributed by atoms with Gasteiger partial charge in [-0.25, -0.2) is 0 Å². The van der Waals surface area contributed by atoms with Gasteiger partial charge in [-0.3, -0.25) is 0 Å². The van der Waals surface area contributed by atoms with Crippen LogP contribution in [0.15, 0.2) is 12.2 Å². The van der Waals surface area contributed by atoms with Crippen molar-refractivity contribution >= 4 is 0 Å². The highest BCUT2D eigenvalue weighted by Gasteiger charge is 2.05. The van der Waals surface area contributed by atoms with Crippen LogP contribution in [0.4, 0.5) is 0 Å². The van der Waals surface area contributed by atoms with Gasteiger partial charge < -0.3 is 5.73 Å². The molecule has 0 amide bonds. The summed E-state index contributed by atoms with van der Waals surface area (Å²) in [4.78, 5) is 0. The third-order valence-electron chi connectivity index (χ3n) is 1.05. The van der Waals surface area contributed by atoms with Crippen molar-refractivity contribution in [2.24, 2.45) is 5.73 Å². The van der Waals surface area contributed by atoms with Gasteiger partial charge in [-0.15, -0.1) is 0 Å². The molecule has 2 N–H and O–H groups in total. The van der Waals surface area contributed by atoms with E-state index in [1.54, 1.807) is 0 Å². The topological polar surface area (TPSA) is 26.0 Å². The van der Waals surface area contributed by atoms with Crippen LogP contribution in [0.5, 0.6) is 0 Å². The summed E-state index contributed by atoms with van der Waals surface area (Å²) in [5.74, 6) is 0. The Morgan fingerprint density at radius 1 is 1.33 bits per heavy atom. The van der Waals surface area contributed by atoms with E-state index in [1.165, 1.54) is 0 Å². The first-order valence-corrected chi connectivity index (χ1v) is 3.50. The number of allylic oxidation sites excluding steroid dienone is 1. The molecule has 0 spiro atoms. The van der Waals surface area contributed by atoms with Gasteiger partial charge in [0.15, 0.2) is 0 Å². The maximum absolute atomic E-state index is 5.72. The average Bonchev–Trinajstić information content (AvgIpc) is 1.63. The van der Waals surface area contributed by atoms with Crippen molar-refractivity contribution in [1.82, 2.24) is 0 Å². The monoisotopic (exact) mass is 127 g/mol. The maximum atomic E-state index is 5.72. The molecule has 0 aromatic heterocycles. The minimum atomic E-state index is -0.0360. The van der Waals surface area contributed by atoms with Crippen molar-refractivity contribution < 1.29 is 0 Å². The van der Waals surface area contributed by atoms with Crippen LogP contribution in [0.3, 0.4) is 0 Å². The van der Waals surface area contributed by atoms with E-state index in [-0.39, 0.29) is 5.54 Å². The minimum Gasteiger partial charge on any atom is -0.325 e. The second kappa shape index (κ2) is 3.67. The van der Waals surface area contributed by atoms with Crippen LogP contribution in [0.1, 0.15) is 33.6 Å². The highest BCUT2D eigenvalue weighted by atomic mass is 14.7. The Labute approximate surface area is 57.9 Å². The van der Waals surface area contributed by atoms with Crippen molar-refractivity contribution in [3.05, 3.63) is 12.2 Å². The summed E-state index contributed by atoms with van der Waals surface area (Å²) in [5.41, 5.74) is 5.69. The summed E-state index contributed by atoms with van der Waals surface area (Å²) in [5, 5.41) is 0. The lowest BCUT2D eigenvalue weighted by molar-refractivity contribution is 0.527. The van der Waals surface area contributed by atoms with Gasteiger partial charge in [0.25, 0.3) is 0 Å². The quantitative estimate of drug-likeness (QED) is 0.577. The van der Waals surface area contributed by atoms with Gasteiger partial charge in [0.1, 0.15) is 0 Å². The molecule has 0 radical (unpaired) electrons. The van der Waals surface area contributed by atoms with Crippen molar-refractivity contribution in [1.29, 1.82) is 0 Å². The van der Waals surface area contributed by atoms with E-state index in [4.69, 9.17) is 5.73 Å². The van der Waals surface area contributed by atoms with Crippen LogP contribution in [0, 0.1) is 0 Å². The minimum absolute atomic E-state index is 0.0360. The molecule has 0 fully saturated rings. The molecule has 0 saturated heterocycles. The summed E-state index contributed by atoms with van der Waals surface area (Å²) >= 11 is 0. The zero-order valence-electron chi connectivity index (χ0n) is 6.65. The summed E-state index contributed by atoms with van der Waals surface area (Å²) in [6, 6.07) is 0. The van der Waals surface area contributed by atoms with E-state index < -0.39 is 0 Å². The van der Waals surface area contributed by atoms with Crippen molar-refractivity contribution in [3.8, 4) is 0 Å². The number of hydrogen-bond donors (Lipinski definition) is 1. The van der Waals surface area contributed by atoms with E-state index in [9.17, 15) is 0 Å². The normalized spacial score (nSPS) is 12.9. The van der Waals surface area contributed by atoms with Crippen LogP contribution in [-0.2, 0) is 0 Å². The first-order valence-electron chi connectivity index (χ1n) is 3.50. The molecule has 0 aliphatic carbocycles.